The Morgan fingerprint density at radius 3 is 2.50 bits per heavy atom. The van der Waals surface area contributed by atoms with Gasteiger partial charge in [0.2, 0.25) is 0 Å². The van der Waals surface area contributed by atoms with Crippen LogP contribution in [0.5, 0.6) is 0 Å². The van der Waals surface area contributed by atoms with Crippen LogP contribution < -0.4 is 0 Å². The van der Waals surface area contributed by atoms with Gasteiger partial charge in [0, 0.05) is 12.4 Å². The molecule has 0 bridgehead atoms. The summed E-state index contributed by atoms with van der Waals surface area (Å²) in [4.78, 5) is 3.96. The van der Waals surface area contributed by atoms with Crippen LogP contribution in [0, 0.1) is 0 Å². The average Bonchev–Trinajstić information content (AvgIpc) is 2.10. The zero-order chi connectivity index (χ0) is 7.82. The lowest BCUT2D eigenvalue weighted by Crippen LogP contribution is -1.77. The molecular weight excluding hydrogens is 122 g/mol. The fourth-order valence-electron chi connectivity index (χ4n) is 0.607. The maximum absolute atomic E-state index is 3.96. The average molecular weight is 135 g/mol. The van der Waals surface area contributed by atoms with Crippen LogP contribution >= 0.6 is 0 Å². The largest absolute Gasteiger partial charge is 0.264 e. The number of hydrogen-bond acceptors (Lipinski definition) is 1. The van der Waals surface area contributed by atoms with Gasteiger partial charge >= 0.3 is 0 Å². The summed E-state index contributed by atoms with van der Waals surface area (Å²) in [5, 5.41) is 0. The number of pyridine rings is 1. The molecule has 0 radical (unpaired) electrons. The number of hydrogen-bond donors (Lipinski definition) is 0. The van der Waals surface area contributed by atoms with Crippen molar-refractivity contribution in [3.05, 3.63) is 43.2 Å². The minimum atomic E-state index is 1.08. The molecule has 0 fully saturated rings. The second kappa shape index (κ2) is 6.02. The molecule has 54 valence electrons. The van der Waals surface area contributed by atoms with Crippen molar-refractivity contribution in [1.29, 1.82) is 0 Å². The van der Waals surface area contributed by atoms with E-state index in [1.54, 1.807) is 6.20 Å². The minimum Gasteiger partial charge on any atom is -0.264 e. The van der Waals surface area contributed by atoms with Gasteiger partial charge in [-0.1, -0.05) is 13.0 Å². The third-order valence-corrected chi connectivity index (χ3v) is 1.13. The number of aryl methyl sites for hydroxylation is 1. The highest BCUT2D eigenvalue weighted by Gasteiger charge is 1.81. The summed E-state index contributed by atoms with van der Waals surface area (Å²) in [5.74, 6) is 0. The van der Waals surface area contributed by atoms with Crippen LogP contribution in [0.15, 0.2) is 37.7 Å². The van der Waals surface area contributed by atoms with Gasteiger partial charge in [0.05, 0.1) is 0 Å². The van der Waals surface area contributed by atoms with Crippen molar-refractivity contribution in [3.8, 4) is 0 Å². The van der Waals surface area contributed by atoms with Crippen molar-refractivity contribution in [1.82, 2.24) is 4.98 Å². The van der Waals surface area contributed by atoms with Crippen molar-refractivity contribution in [2.75, 3.05) is 0 Å². The number of nitrogens with zero attached hydrogens (tertiary/aromatic N) is 1. The molecule has 0 aromatic carbocycles. The Morgan fingerprint density at radius 2 is 2.20 bits per heavy atom. The zero-order valence-corrected chi connectivity index (χ0v) is 6.38. The number of rotatable bonds is 1. The molecule has 0 N–H and O–H groups in total. The normalized spacial score (nSPS) is 7.70. The molecule has 0 aliphatic heterocycles. The van der Waals surface area contributed by atoms with E-state index in [0.29, 0.717) is 0 Å². The first kappa shape index (κ1) is 8.89. The second-order valence-electron chi connectivity index (χ2n) is 1.71. The van der Waals surface area contributed by atoms with E-state index in [-0.39, 0.29) is 0 Å². The molecule has 1 nitrogen and oxygen atoms in total. The van der Waals surface area contributed by atoms with Gasteiger partial charge in [-0.15, -0.1) is 13.2 Å². The molecule has 0 aliphatic carbocycles. The second-order valence-corrected chi connectivity index (χ2v) is 1.71. The fourth-order valence-corrected chi connectivity index (χ4v) is 0.607. The van der Waals surface area contributed by atoms with E-state index in [1.165, 1.54) is 5.56 Å². The Morgan fingerprint density at radius 1 is 1.50 bits per heavy atom. The van der Waals surface area contributed by atoms with Crippen molar-refractivity contribution in [2.24, 2.45) is 0 Å². The highest BCUT2D eigenvalue weighted by Crippen LogP contribution is 1.93. The highest BCUT2D eigenvalue weighted by atomic mass is 14.6. The summed E-state index contributed by atoms with van der Waals surface area (Å²) >= 11 is 0. The van der Waals surface area contributed by atoms with Gasteiger partial charge < -0.3 is 0 Å². The first-order chi connectivity index (χ1) is 4.93. The molecule has 0 spiro atoms. The first-order valence-corrected chi connectivity index (χ1v) is 3.32. The molecule has 1 aromatic heterocycles. The van der Waals surface area contributed by atoms with Gasteiger partial charge in [-0.3, -0.25) is 4.98 Å². The van der Waals surface area contributed by atoms with Crippen LogP contribution in [0.4, 0.5) is 0 Å². The predicted octanol–water partition coefficient (Wildman–Crippen LogP) is 2.45. The van der Waals surface area contributed by atoms with Gasteiger partial charge in [0.25, 0.3) is 0 Å². The summed E-state index contributed by atoms with van der Waals surface area (Å²) in [6.45, 7) is 8.12. The van der Waals surface area contributed by atoms with E-state index in [4.69, 9.17) is 0 Å². The summed E-state index contributed by atoms with van der Waals surface area (Å²) in [6.07, 6.45) is 4.76. The third kappa shape index (κ3) is 3.02. The monoisotopic (exact) mass is 135 g/mol. The molecule has 0 atom stereocenters. The molecule has 0 saturated carbocycles. The molecule has 1 heterocycles. The third-order valence-electron chi connectivity index (χ3n) is 1.13. The number of aromatic nitrogens is 1. The Kier molecular flexibility index (Phi) is 5.35. The molecule has 0 unspecified atom stereocenters. The van der Waals surface area contributed by atoms with Crippen molar-refractivity contribution in [3.63, 3.8) is 0 Å². The molecule has 1 rings (SSSR count). The summed E-state index contributed by atoms with van der Waals surface area (Å²) in [7, 11) is 0. The van der Waals surface area contributed by atoms with Crippen LogP contribution in [0.1, 0.15) is 12.5 Å². The standard InChI is InChI=1S/C7H9N.C2H4/c1-2-7-4-3-5-8-6-7;1-2/h3-6H,2H2,1H3;1-2H2. The maximum atomic E-state index is 3.96. The lowest BCUT2D eigenvalue weighted by atomic mass is 10.2. The minimum absolute atomic E-state index is 1.08. The smallest absolute Gasteiger partial charge is 0.0299 e. The molecule has 0 amide bonds. The van der Waals surface area contributed by atoms with Crippen molar-refractivity contribution >= 4 is 0 Å². The van der Waals surface area contributed by atoms with Crippen LogP contribution in [0.25, 0.3) is 0 Å². The van der Waals surface area contributed by atoms with Gasteiger partial charge in [-0.05, 0) is 18.1 Å². The van der Waals surface area contributed by atoms with Gasteiger partial charge in [-0.25, -0.2) is 0 Å². The highest BCUT2D eigenvalue weighted by molar-refractivity contribution is 5.07. The zero-order valence-electron chi connectivity index (χ0n) is 6.38. The van der Waals surface area contributed by atoms with Crippen molar-refractivity contribution in [2.45, 2.75) is 13.3 Å². The summed E-state index contributed by atoms with van der Waals surface area (Å²) in [5.41, 5.74) is 1.30. The SMILES string of the molecule is C=C.CCc1cccnc1. The van der Waals surface area contributed by atoms with E-state index in [9.17, 15) is 0 Å². The summed E-state index contributed by atoms with van der Waals surface area (Å²) in [6, 6.07) is 4.03. The topological polar surface area (TPSA) is 12.9 Å². The maximum Gasteiger partial charge on any atom is 0.0299 e. The van der Waals surface area contributed by atoms with E-state index < -0.39 is 0 Å². The Labute approximate surface area is 62.4 Å². The molecule has 0 saturated heterocycles. The predicted molar refractivity (Wildman–Crippen MR) is 44.9 cm³/mol. The van der Waals surface area contributed by atoms with Crippen LogP contribution in [0.3, 0.4) is 0 Å². The Hall–Kier alpha value is -1.11. The van der Waals surface area contributed by atoms with E-state index >= 15 is 0 Å². The quantitative estimate of drug-likeness (QED) is 0.539. The Bertz CT molecular complexity index is 158. The van der Waals surface area contributed by atoms with Crippen molar-refractivity contribution < 1.29 is 0 Å². The Balaban J connectivity index is 0.000000371. The van der Waals surface area contributed by atoms with E-state index in [1.807, 2.05) is 12.3 Å². The van der Waals surface area contributed by atoms with Gasteiger partial charge in [0.15, 0.2) is 0 Å². The van der Waals surface area contributed by atoms with E-state index in [0.717, 1.165) is 6.42 Å². The molecule has 0 aliphatic rings. The molecule has 1 aromatic rings. The summed E-state index contributed by atoms with van der Waals surface area (Å²) < 4.78 is 0. The van der Waals surface area contributed by atoms with Gasteiger partial charge in [0.1, 0.15) is 0 Å². The molecule has 1 heteroatoms. The fraction of sp³-hybridized carbons (Fsp3) is 0.222. The lowest BCUT2D eigenvalue weighted by Gasteiger charge is -1.88. The molecule has 10 heavy (non-hydrogen) atoms. The van der Waals surface area contributed by atoms with E-state index in [2.05, 4.69) is 31.1 Å². The van der Waals surface area contributed by atoms with Crippen LogP contribution in [0.2, 0.25) is 0 Å². The molecular formula is C9H13N. The lowest BCUT2D eigenvalue weighted by molar-refractivity contribution is 1.10. The van der Waals surface area contributed by atoms with Crippen LogP contribution in [-0.2, 0) is 6.42 Å². The first-order valence-electron chi connectivity index (χ1n) is 3.32. The van der Waals surface area contributed by atoms with Gasteiger partial charge in [-0.2, -0.15) is 0 Å². The van der Waals surface area contributed by atoms with Crippen LogP contribution in [-0.4, -0.2) is 4.98 Å².